The van der Waals surface area contributed by atoms with E-state index in [1.807, 2.05) is 72.0 Å². The van der Waals surface area contributed by atoms with Crippen LogP contribution in [0.5, 0.6) is 0 Å². The molecule has 0 bridgehead atoms. The van der Waals surface area contributed by atoms with Gasteiger partial charge in [-0.3, -0.25) is 14.6 Å². The van der Waals surface area contributed by atoms with E-state index in [1.165, 1.54) is 11.8 Å². The average molecular weight is 528 g/mol. The number of aryl methyl sites for hydroxylation is 2. The molecule has 5 rings (SSSR count). The monoisotopic (exact) mass is 527 g/mol. The lowest BCUT2D eigenvalue weighted by Gasteiger charge is -2.32. The Balaban J connectivity index is 1.21. The molecule has 1 aliphatic heterocycles. The molecule has 4 heterocycles. The number of benzene rings is 1. The number of nitrogens with one attached hydrogen (secondary N) is 1. The maximum atomic E-state index is 13.3. The van der Waals surface area contributed by atoms with Crippen molar-refractivity contribution in [1.29, 1.82) is 0 Å². The molecule has 0 atom stereocenters. The van der Waals surface area contributed by atoms with Gasteiger partial charge in [0.2, 0.25) is 5.91 Å². The van der Waals surface area contributed by atoms with E-state index in [0.717, 1.165) is 35.6 Å². The van der Waals surface area contributed by atoms with Gasteiger partial charge in [-0.25, -0.2) is 15.0 Å². The number of carbonyl (C=O) groups is 2. The minimum Gasteiger partial charge on any atom is -0.342 e. The number of amides is 2. The van der Waals surface area contributed by atoms with Gasteiger partial charge in [-0.15, -0.1) is 0 Å². The van der Waals surface area contributed by atoms with E-state index < -0.39 is 0 Å². The van der Waals surface area contributed by atoms with Crippen molar-refractivity contribution in [3.8, 4) is 5.69 Å². The van der Waals surface area contributed by atoms with E-state index in [9.17, 15) is 9.59 Å². The number of imidazole rings is 1. The Labute approximate surface area is 225 Å². The molecule has 10 heteroatoms. The molecule has 4 aromatic rings. The molecule has 1 aliphatic rings. The van der Waals surface area contributed by atoms with Gasteiger partial charge in [0, 0.05) is 60.4 Å². The van der Waals surface area contributed by atoms with Crippen molar-refractivity contribution in [1.82, 2.24) is 29.4 Å². The highest BCUT2D eigenvalue weighted by atomic mass is 32.2. The topological polar surface area (TPSA) is 106 Å². The van der Waals surface area contributed by atoms with Crippen molar-refractivity contribution in [2.45, 2.75) is 37.8 Å². The molecule has 2 amide bonds. The van der Waals surface area contributed by atoms with Gasteiger partial charge in [0.1, 0.15) is 0 Å². The number of thioether (sulfide) groups is 1. The second-order valence-corrected chi connectivity index (χ2v) is 10.2. The lowest BCUT2D eigenvalue weighted by molar-refractivity contribution is -0.129. The van der Waals surface area contributed by atoms with Crippen LogP contribution in [0.4, 0.5) is 5.69 Å². The molecule has 3 aromatic heterocycles. The summed E-state index contributed by atoms with van der Waals surface area (Å²) >= 11 is 1.36. The second-order valence-electron chi connectivity index (χ2n) is 9.28. The predicted octanol–water partition coefficient (Wildman–Crippen LogP) is 4.42. The summed E-state index contributed by atoms with van der Waals surface area (Å²) in [7, 11) is 0. The number of carbonyl (C=O) groups excluding carboxylic acids is 2. The zero-order valence-electron chi connectivity index (χ0n) is 21.4. The van der Waals surface area contributed by atoms with Crippen LogP contribution in [0, 0.1) is 13.8 Å². The summed E-state index contributed by atoms with van der Waals surface area (Å²) in [6.45, 7) is 5.10. The summed E-state index contributed by atoms with van der Waals surface area (Å²) in [6, 6.07) is 13.2. The molecule has 1 N–H and O–H groups in total. The Morgan fingerprint density at radius 3 is 2.45 bits per heavy atom. The van der Waals surface area contributed by atoms with E-state index in [2.05, 4.69) is 20.3 Å². The van der Waals surface area contributed by atoms with Gasteiger partial charge >= 0.3 is 0 Å². The van der Waals surface area contributed by atoms with Crippen molar-refractivity contribution < 1.29 is 9.59 Å². The number of hydrogen-bond acceptors (Lipinski definition) is 7. The number of hydrogen-bond donors (Lipinski definition) is 1. The van der Waals surface area contributed by atoms with E-state index in [4.69, 9.17) is 4.98 Å². The van der Waals surface area contributed by atoms with E-state index in [1.54, 1.807) is 18.7 Å². The third kappa shape index (κ3) is 6.08. The lowest BCUT2D eigenvalue weighted by Crippen LogP contribution is -2.39. The van der Waals surface area contributed by atoms with Gasteiger partial charge in [-0.05, 0) is 69.2 Å². The second kappa shape index (κ2) is 11.6. The van der Waals surface area contributed by atoms with Crippen molar-refractivity contribution >= 4 is 29.3 Å². The summed E-state index contributed by atoms with van der Waals surface area (Å²) in [5, 5.41) is 3.62. The number of nitrogens with zero attached hydrogens (tertiary/aromatic N) is 6. The smallest absolute Gasteiger partial charge is 0.257 e. The maximum Gasteiger partial charge on any atom is 0.257 e. The minimum absolute atomic E-state index is 0.0767. The molecule has 0 spiro atoms. The lowest BCUT2D eigenvalue weighted by atomic mass is 9.89. The quantitative estimate of drug-likeness (QED) is 0.280. The average Bonchev–Trinajstić information content (AvgIpc) is 3.47. The Kier molecular flexibility index (Phi) is 7.78. The Bertz CT molecular complexity index is 1420. The van der Waals surface area contributed by atoms with Gasteiger partial charge in [0.25, 0.3) is 5.91 Å². The van der Waals surface area contributed by atoms with Gasteiger partial charge in [-0.1, -0.05) is 11.8 Å². The van der Waals surface area contributed by atoms with Crippen molar-refractivity contribution in [2.24, 2.45) is 0 Å². The number of rotatable bonds is 7. The minimum atomic E-state index is -0.184. The van der Waals surface area contributed by atoms with Crippen LogP contribution in [0.15, 0.2) is 72.5 Å². The van der Waals surface area contributed by atoms with Crippen molar-refractivity contribution in [3.05, 3.63) is 90.0 Å². The molecule has 1 fully saturated rings. The molecule has 9 nitrogen and oxygen atoms in total. The first-order valence-corrected chi connectivity index (χ1v) is 13.5. The highest BCUT2D eigenvalue weighted by molar-refractivity contribution is 7.99. The highest BCUT2D eigenvalue weighted by Gasteiger charge is 2.28. The molecule has 194 valence electrons. The maximum absolute atomic E-state index is 13.3. The molecule has 0 aliphatic carbocycles. The van der Waals surface area contributed by atoms with Crippen LogP contribution in [0.3, 0.4) is 0 Å². The van der Waals surface area contributed by atoms with Crippen LogP contribution in [-0.2, 0) is 4.79 Å². The van der Waals surface area contributed by atoms with Crippen LogP contribution in [0.25, 0.3) is 5.69 Å². The van der Waals surface area contributed by atoms with Crippen LogP contribution in [-0.4, -0.2) is 60.1 Å². The zero-order chi connectivity index (χ0) is 26.5. The Morgan fingerprint density at radius 2 is 1.74 bits per heavy atom. The van der Waals surface area contributed by atoms with Gasteiger partial charge < -0.3 is 14.8 Å². The van der Waals surface area contributed by atoms with Gasteiger partial charge in [0.05, 0.1) is 23.3 Å². The number of aromatic nitrogens is 5. The zero-order valence-corrected chi connectivity index (χ0v) is 22.2. The van der Waals surface area contributed by atoms with Crippen LogP contribution in [0.2, 0.25) is 0 Å². The molecular weight excluding hydrogens is 498 g/mol. The fraction of sp³-hybridized carbons (Fsp3) is 0.286. The first-order chi connectivity index (χ1) is 18.5. The standard InChI is InChI=1S/C28H29N7O2S/c1-19-3-8-24(27(37)33-22-4-6-23(7-5-22)35-16-13-29-18-35)26(31-19)21-10-14-34(15-11-21)25(36)17-38-28-30-12-9-20(2)32-28/h3-9,12-13,16,18,21H,10-11,14-15,17H2,1-2H3,(H,33,37). The van der Waals surface area contributed by atoms with E-state index in [0.29, 0.717) is 35.2 Å². The van der Waals surface area contributed by atoms with E-state index >= 15 is 0 Å². The molecule has 38 heavy (non-hydrogen) atoms. The molecule has 1 aromatic carbocycles. The predicted molar refractivity (Wildman–Crippen MR) is 147 cm³/mol. The number of piperidine rings is 1. The van der Waals surface area contributed by atoms with Crippen molar-refractivity contribution in [2.75, 3.05) is 24.2 Å². The Morgan fingerprint density at radius 1 is 0.974 bits per heavy atom. The Hall–Kier alpha value is -4.05. The summed E-state index contributed by atoms with van der Waals surface area (Å²) in [5.41, 5.74) is 4.80. The summed E-state index contributed by atoms with van der Waals surface area (Å²) in [6.07, 6.45) is 8.55. The fourth-order valence-corrected chi connectivity index (χ4v) is 5.30. The summed E-state index contributed by atoms with van der Waals surface area (Å²) in [5.74, 6) is 0.310. The molecule has 0 saturated carbocycles. The number of pyridine rings is 1. The van der Waals surface area contributed by atoms with Gasteiger partial charge in [0.15, 0.2) is 5.16 Å². The first-order valence-electron chi connectivity index (χ1n) is 12.5. The molecule has 0 radical (unpaired) electrons. The number of anilines is 1. The molecule has 1 saturated heterocycles. The van der Waals surface area contributed by atoms with Gasteiger partial charge in [-0.2, -0.15) is 0 Å². The summed E-state index contributed by atoms with van der Waals surface area (Å²) in [4.78, 5) is 45.4. The number of likely N-dealkylation sites (tertiary alicyclic amines) is 1. The molecular formula is C28H29N7O2S. The van der Waals surface area contributed by atoms with Crippen molar-refractivity contribution in [3.63, 3.8) is 0 Å². The highest BCUT2D eigenvalue weighted by Crippen LogP contribution is 2.30. The fourth-order valence-electron chi connectivity index (χ4n) is 4.52. The first kappa shape index (κ1) is 25.6. The third-order valence-electron chi connectivity index (χ3n) is 6.57. The van der Waals surface area contributed by atoms with Crippen LogP contribution >= 0.6 is 11.8 Å². The SMILES string of the molecule is Cc1ccnc(SCC(=O)N2CCC(c3nc(C)ccc3C(=O)Nc3ccc(-n4ccnc4)cc3)CC2)n1. The third-order valence-corrected chi connectivity index (χ3v) is 7.41. The van der Waals surface area contributed by atoms with Crippen LogP contribution in [0.1, 0.15) is 46.2 Å². The largest absolute Gasteiger partial charge is 0.342 e. The van der Waals surface area contributed by atoms with E-state index in [-0.39, 0.29) is 17.7 Å². The summed E-state index contributed by atoms with van der Waals surface area (Å²) < 4.78 is 1.90. The normalized spacial score (nSPS) is 13.9. The molecule has 0 unspecified atom stereocenters. The van der Waals surface area contributed by atoms with Crippen LogP contribution < -0.4 is 5.32 Å².